The molecule has 1 spiro atoms. The van der Waals surface area contributed by atoms with Gasteiger partial charge in [0.1, 0.15) is 22.8 Å². The summed E-state index contributed by atoms with van der Waals surface area (Å²) in [6.07, 6.45) is 8.94. The van der Waals surface area contributed by atoms with Gasteiger partial charge < -0.3 is 15.0 Å². The van der Waals surface area contributed by atoms with Gasteiger partial charge in [0.25, 0.3) is 5.91 Å². The first-order valence-electron chi connectivity index (χ1n) is 13.1. The summed E-state index contributed by atoms with van der Waals surface area (Å²) < 4.78 is 20.4. The van der Waals surface area contributed by atoms with E-state index in [0.29, 0.717) is 35.7 Å². The van der Waals surface area contributed by atoms with Gasteiger partial charge in [-0.15, -0.1) is 0 Å². The van der Waals surface area contributed by atoms with E-state index < -0.39 is 5.97 Å². The van der Waals surface area contributed by atoms with Crippen LogP contribution in [0.1, 0.15) is 57.2 Å². The van der Waals surface area contributed by atoms with Crippen LogP contribution in [0, 0.1) is 12.7 Å². The number of aryl methyl sites for hydroxylation is 1. The second kappa shape index (κ2) is 9.65. The van der Waals surface area contributed by atoms with Crippen LogP contribution >= 0.6 is 0 Å². The second-order valence-electron chi connectivity index (χ2n) is 9.99. The van der Waals surface area contributed by atoms with Crippen LogP contribution in [0.5, 0.6) is 0 Å². The van der Waals surface area contributed by atoms with Crippen LogP contribution in [-0.2, 0) is 10.2 Å². The third-order valence-electron chi connectivity index (χ3n) is 7.72. The Bertz CT molecular complexity index is 1640. The molecule has 2 aromatic heterocycles. The Balaban J connectivity index is 1.35. The molecular formula is C30H28FN5O3. The molecule has 8 nitrogen and oxygen atoms in total. The van der Waals surface area contributed by atoms with E-state index in [1.807, 2.05) is 11.0 Å². The largest absolute Gasteiger partial charge is 0.462 e. The Hall–Kier alpha value is -4.53. The SMILES string of the molecule is CCOC(=O)c1cnn2c(Nc3ccc(F)cc3C)c(C(=O)N3CCC4(C=Cc5ccccc54)CC3)cnc12. The highest BCUT2D eigenvalue weighted by atomic mass is 19.1. The lowest BCUT2D eigenvalue weighted by atomic mass is 9.74. The van der Waals surface area contributed by atoms with E-state index >= 15 is 0 Å². The molecule has 1 aliphatic heterocycles. The Kier molecular flexibility index (Phi) is 6.13. The predicted octanol–water partition coefficient (Wildman–Crippen LogP) is 5.30. The van der Waals surface area contributed by atoms with Gasteiger partial charge in [0.2, 0.25) is 0 Å². The summed E-state index contributed by atoms with van der Waals surface area (Å²) in [6, 6.07) is 12.8. The Morgan fingerprint density at radius 1 is 1.10 bits per heavy atom. The van der Waals surface area contributed by atoms with Gasteiger partial charge in [-0.1, -0.05) is 36.4 Å². The van der Waals surface area contributed by atoms with Gasteiger partial charge in [0.05, 0.1) is 12.8 Å². The van der Waals surface area contributed by atoms with Gasteiger partial charge in [-0.05, 0) is 61.6 Å². The maximum Gasteiger partial charge on any atom is 0.343 e. The van der Waals surface area contributed by atoms with Gasteiger partial charge in [-0.25, -0.2) is 14.2 Å². The lowest BCUT2D eigenvalue weighted by Crippen LogP contribution is -2.44. The summed E-state index contributed by atoms with van der Waals surface area (Å²) in [7, 11) is 0. The zero-order chi connectivity index (χ0) is 27.1. The van der Waals surface area contributed by atoms with Crippen molar-refractivity contribution in [2.75, 3.05) is 25.0 Å². The van der Waals surface area contributed by atoms with E-state index in [-0.39, 0.29) is 35.0 Å². The number of likely N-dealkylation sites (tertiary alicyclic amines) is 1. The highest BCUT2D eigenvalue weighted by Crippen LogP contribution is 2.44. The molecule has 0 radical (unpaired) electrons. The van der Waals surface area contributed by atoms with Crippen molar-refractivity contribution in [2.45, 2.75) is 32.1 Å². The van der Waals surface area contributed by atoms with Crippen molar-refractivity contribution in [1.82, 2.24) is 19.5 Å². The monoisotopic (exact) mass is 525 g/mol. The fraction of sp³-hybridized carbons (Fsp3) is 0.267. The number of anilines is 2. The van der Waals surface area contributed by atoms with Crippen LogP contribution in [0.25, 0.3) is 11.7 Å². The lowest BCUT2D eigenvalue weighted by molar-refractivity contribution is 0.0528. The van der Waals surface area contributed by atoms with Crippen LogP contribution in [-0.4, -0.2) is 51.1 Å². The number of ether oxygens (including phenoxy) is 1. The molecular weight excluding hydrogens is 497 g/mol. The van der Waals surface area contributed by atoms with Gasteiger partial charge in [-0.2, -0.15) is 9.61 Å². The van der Waals surface area contributed by atoms with E-state index in [2.05, 4.69) is 45.8 Å². The third kappa shape index (κ3) is 4.24. The number of fused-ring (bicyclic) bond motifs is 3. The summed E-state index contributed by atoms with van der Waals surface area (Å²) >= 11 is 0. The van der Waals surface area contributed by atoms with Gasteiger partial charge in [0, 0.05) is 30.4 Å². The molecule has 2 aliphatic rings. The van der Waals surface area contributed by atoms with Crippen LogP contribution in [0.2, 0.25) is 0 Å². The smallest absolute Gasteiger partial charge is 0.343 e. The molecule has 0 saturated carbocycles. The topological polar surface area (TPSA) is 88.8 Å². The maximum absolute atomic E-state index is 13.9. The number of rotatable bonds is 5. The number of nitrogens with one attached hydrogen (secondary N) is 1. The minimum absolute atomic E-state index is 0.0571. The van der Waals surface area contributed by atoms with E-state index in [1.54, 1.807) is 19.9 Å². The fourth-order valence-electron chi connectivity index (χ4n) is 5.61. The average Bonchev–Trinajstić information content (AvgIpc) is 3.53. The number of amides is 1. The molecule has 0 unspecified atom stereocenters. The van der Waals surface area contributed by atoms with E-state index in [9.17, 15) is 14.0 Å². The number of hydrogen-bond acceptors (Lipinski definition) is 6. The first-order chi connectivity index (χ1) is 18.9. The van der Waals surface area contributed by atoms with Crippen LogP contribution in [0.4, 0.5) is 15.9 Å². The molecule has 4 aromatic rings. The number of piperidine rings is 1. The van der Waals surface area contributed by atoms with Crippen molar-refractivity contribution in [3.8, 4) is 0 Å². The molecule has 39 heavy (non-hydrogen) atoms. The maximum atomic E-state index is 13.9. The molecule has 1 N–H and O–H groups in total. The predicted molar refractivity (Wildman–Crippen MR) is 146 cm³/mol. The molecule has 9 heteroatoms. The highest BCUT2D eigenvalue weighted by Gasteiger charge is 2.39. The summed E-state index contributed by atoms with van der Waals surface area (Å²) in [4.78, 5) is 32.7. The van der Waals surface area contributed by atoms with Crippen molar-refractivity contribution in [3.05, 3.63) is 94.6 Å². The van der Waals surface area contributed by atoms with Crippen LogP contribution in [0.3, 0.4) is 0 Å². The number of aromatic nitrogens is 3. The van der Waals surface area contributed by atoms with Gasteiger partial charge >= 0.3 is 5.97 Å². The number of halogens is 1. The number of allylic oxidation sites excluding steroid dienone is 1. The number of esters is 1. The lowest BCUT2D eigenvalue weighted by Gasteiger charge is -2.39. The summed E-state index contributed by atoms with van der Waals surface area (Å²) in [6.45, 7) is 4.87. The third-order valence-corrected chi connectivity index (χ3v) is 7.72. The van der Waals surface area contributed by atoms with Crippen molar-refractivity contribution in [2.24, 2.45) is 0 Å². The molecule has 1 amide bonds. The quantitative estimate of drug-likeness (QED) is 0.356. The Morgan fingerprint density at radius 2 is 1.90 bits per heavy atom. The van der Waals surface area contributed by atoms with Crippen LogP contribution in [0.15, 0.2) is 60.9 Å². The van der Waals surface area contributed by atoms with E-state index in [1.165, 1.54) is 40.2 Å². The van der Waals surface area contributed by atoms with Crippen LogP contribution < -0.4 is 5.32 Å². The first-order valence-corrected chi connectivity index (χ1v) is 13.1. The minimum Gasteiger partial charge on any atom is -0.462 e. The number of carbonyl (C=O) groups excluding carboxylic acids is 2. The number of carbonyl (C=O) groups is 2. The second-order valence-corrected chi connectivity index (χ2v) is 9.99. The first kappa shape index (κ1) is 24.8. The molecule has 1 aliphatic carbocycles. The number of nitrogens with zero attached hydrogens (tertiary/aromatic N) is 4. The van der Waals surface area contributed by atoms with Crippen molar-refractivity contribution in [1.29, 1.82) is 0 Å². The zero-order valence-corrected chi connectivity index (χ0v) is 21.8. The Morgan fingerprint density at radius 3 is 2.67 bits per heavy atom. The standard InChI is InChI=1S/C30H28FN5O3/c1-3-39-29(38)23-18-33-36-26(23)32-17-22(27(36)34-25-9-8-21(31)16-19(25)2)28(37)35-14-12-30(13-15-35)11-10-20-6-4-5-7-24(20)30/h4-11,16-18,34H,3,12-15H2,1-2H3. The van der Waals surface area contributed by atoms with E-state index in [4.69, 9.17) is 4.74 Å². The molecule has 0 bridgehead atoms. The molecule has 0 atom stereocenters. The summed E-state index contributed by atoms with van der Waals surface area (Å²) in [5.41, 5.74) is 4.53. The van der Waals surface area contributed by atoms with Crippen molar-refractivity contribution < 1.29 is 18.7 Å². The average molecular weight is 526 g/mol. The molecule has 1 saturated heterocycles. The zero-order valence-electron chi connectivity index (χ0n) is 21.8. The fourth-order valence-corrected chi connectivity index (χ4v) is 5.61. The molecule has 3 heterocycles. The number of benzene rings is 2. The van der Waals surface area contributed by atoms with Crippen molar-refractivity contribution in [3.63, 3.8) is 0 Å². The van der Waals surface area contributed by atoms with Crippen molar-refractivity contribution >= 4 is 35.1 Å². The number of hydrogen-bond donors (Lipinski definition) is 1. The molecule has 198 valence electrons. The van der Waals surface area contributed by atoms with Gasteiger partial charge in [-0.3, -0.25) is 4.79 Å². The van der Waals surface area contributed by atoms with Gasteiger partial charge in [0.15, 0.2) is 5.65 Å². The molecule has 1 fully saturated rings. The highest BCUT2D eigenvalue weighted by molar-refractivity contribution is 6.01. The summed E-state index contributed by atoms with van der Waals surface area (Å²) in [5.74, 6) is -0.747. The normalized spacial score (nSPS) is 15.5. The molecule has 2 aromatic carbocycles. The minimum atomic E-state index is -0.547. The summed E-state index contributed by atoms with van der Waals surface area (Å²) in [5, 5.41) is 7.63. The molecule has 6 rings (SSSR count). The Labute approximate surface area is 225 Å². The van der Waals surface area contributed by atoms with E-state index in [0.717, 1.165) is 12.8 Å².